The van der Waals surface area contributed by atoms with Crippen molar-refractivity contribution in [3.8, 4) is 5.75 Å². The van der Waals surface area contributed by atoms with Crippen molar-refractivity contribution in [2.75, 3.05) is 38.1 Å². The van der Waals surface area contributed by atoms with Crippen molar-refractivity contribution in [1.29, 1.82) is 0 Å². The highest BCUT2D eigenvalue weighted by molar-refractivity contribution is 7.89. The molecule has 1 N–H and O–H groups in total. The molecule has 1 heterocycles. The fourth-order valence-corrected chi connectivity index (χ4v) is 4.44. The number of carbonyl (C=O) groups excluding carboxylic acids is 2. The number of benzene rings is 2. The lowest BCUT2D eigenvalue weighted by Crippen LogP contribution is -2.51. The van der Waals surface area contributed by atoms with E-state index in [0.717, 1.165) is 0 Å². The minimum Gasteiger partial charge on any atom is -0.484 e. The fraction of sp³-hybridized carbons (Fsp3) is 0.300. The van der Waals surface area contributed by atoms with Gasteiger partial charge in [0.25, 0.3) is 5.91 Å². The van der Waals surface area contributed by atoms with Crippen LogP contribution in [0.5, 0.6) is 5.75 Å². The zero-order valence-electron chi connectivity index (χ0n) is 16.1. The summed E-state index contributed by atoms with van der Waals surface area (Å²) in [7, 11) is -3.55. The zero-order valence-corrected chi connectivity index (χ0v) is 16.9. The van der Waals surface area contributed by atoms with Gasteiger partial charge in [-0.1, -0.05) is 18.2 Å². The molecule has 0 aliphatic carbocycles. The van der Waals surface area contributed by atoms with E-state index >= 15 is 0 Å². The Balaban J connectivity index is 1.49. The highest BCUT2D eigenvalue weighted by atomic mass is 32.2. The van der Waals surface area contributed by atoms with E-state index in [1.54, 1.807) is 59.5 Å². The van der Waals surface area contributed by atoms with E-state index in [9.17, 15) is 18.0 Å². The maximum atomic E-state index is 12.6. The molecule has 2 amide bonds. The number of anilines is 1. The second kappa shape index (κ2) is 9.06. The Morgan fingerprint density at radius 3 is 2.17 bits per heavy atom. The Bertz CT molecular complexity index is 953. The third-order valence-corrected chi connectivity index (χ3v) is 6.42. The molecule has 1 aliphatic heterocycles. The summed E-state index contributed by atoms with van der Waals surface area (Å²) in [5.41, 5.74) is 0.645. The van der Waals surface area contributed by atoms with Gasteiger partial charge in [0.15, 0.2) is 6.61 Å². The summed E-state index contributed by atoms with van der Waals surface area (Å²) in [4.78, 5) is 25.3. The molecule has 9 heteroatoms. The van der Waals surface area contributed by atoms with Gasteiger partial charge in [-0.15, -0.1) is 0 Å². The number of nitrogens with one attached hydrogen (secondary N) is 1. The van der Waals surface area contributed by atoms with Crippen molar-refractivity contribution in [1.82, 2.24) is 9.21 Å². The molecule has 0 saturated carbocycles. The molecule has 2 aromatic rings. The van der Waals surface area contributed by atoms with Crippen molar-refractivity contribution in [3.63, 3.8) is 0 Å². The van der Waals surface area contributed by atoms with E-state index in [4.69, 9.17) is 4.74 Å². The van der Waals surface area contributed by atoms with Crippen LogP contribution < -0.4 is 10.1 Å². The van der Waals surface area contributed by atoms with E-state index in [-0.39, 0.29) is 36.4 Å². The molecule has 0 atom stereocenters. The van der Waals surface area contributed by atoms with Crippen LogP contribution in [0.15, 0.2) is 59.5 Å². The third-order valence-electron chi connectivity index (χ3n) is 4.51. The fourth-order valence-electron chi connectivity index (χ4n) is 2.99. The van der Waals surface area contributed by atoms with Crippen molar-refractivity contribution < 1.29 is 22.7 Å². The second-order valence-corrected chi connectivity index (χ2v) is 8.53. The molecule has 1 fully saturated rings. The van der Waals surface area contributed by atoms with E-state index in [0.29, 0.717) is 24.5 Å². The minimum atomic E-state index is -3.55. The molecule has 0 spiro atoms. The molecule has 8 nitrogen and oxygen atoms in total. The molecule has 154 valence electrons. The first-order chi connectivity index (χ1) is 13.9. The maximum absolute atomic E-state index is 12.6. The van der Waals surface area contributed by atoms with Crippen LogP contribution in [0, 0.1) is 0 Å². The molecule has 1 aliphatic rings. The van der Waals surface area contributed by atoms with Crippen LogP contribution in [0.1, 0.15) is 6.92 Å². The quantitative estimate of drug-likeness (QED) is 0.770. The molecule has 0 radical (unpaired) electrons. The van der Waals surface area contributed by atoms with E-state index in [1.165, 1.54) is 11.2 Å². The number of rotatable bonds is 6. The number of sulfonamides is 1. The summed E-state index contributed by atoms with van der Waals surface area (Å²) in [6.45, 7) is 2.41. The Morgan fingerprint density at radius 2 is 1.59 bits per heavy atom. The van der Waals surface area contributed by atoms with Crippen LogP contribution in [0.3, 0.4) is 0 Å². The molecule has 1 saturated heterocycles. The molecule has 0 bridgehead atoms. The summed E-state index contributed by atoms with van der Waals surface area (Å²) in [6, 6.07) is 15.0. The van der Waals surface area contributed by atoms with Gasteiger partial charge in [-0.05, 0) is 36.4 Å². The Kier molecular flexibility index (Phi) is 6.50. The normalized spacial score (nSPS) is 15.0. The van der Waals surface area contributed by atoms with Crippen LogP contribution in [-0.4, -0.2) is 62.2 Å². The molecule has 0 aromatic heterocycles. The largest absolute Gasteiger partial charge is 0.484 e. The van der Waals surface area contributed by atoms with Gasteiger partial charge < -0.3 is 15.0 Å². The predicted molar refractivity (Wildman–Crippen MR) is 108 cm³/mol. The monoisotopic (exact) mass is 417 g/mol. The summed E-state index contributed by atoms with van der Waals surface area (Å²) < 4.78 is 32.2. The molecule has 3 rings (SSSR count). The second-order valence-electron chi connectivity index (χ2n) is 6.59. The average Bonchev–Trinajstić information content (AvgIpc) is 2.73. The first kappa shape index (κ1) is 20.8. The van der Waals surface area contributed by atoms with E-state index in [1.807, 2.05) is 0 Å². The van der Waals surface area contributed by atoms with Crippen molar-refractivity contribution in [2.45, 2.75) is 11.8 Å². The van der Waals surface area contributed by atoms with Gasteiger partial charge in [0.2, 0.25) is 15.9 Å². The summed E-state index contributed by atoms with van der Waals surface area (Å²) in [5.74, 6) is 0.146. The highest BCUT2D eigenvalue weighted by Crippen LogP contribution is 2.18. The lowest BCUT2D eigenvalue weighted by Gasteiger charge is -2.33. The number of carbonyl (C=O) groups is 2. The van der Waals surface area contributed by atoms with Gasteiger partial charge in [0.05, 0.1) is 4.90 Å². The Labute approximate surface area is 170 Å². The van der Waals surface area contributed by atoms with Gasteiger partial charge in [0.1, 0.15) is 5.75 Å². The predicted octanol–water partition coefficient (Wildman–Crippen LogP) is 1.56. The standard InChI is InChI=1S/C20H23N3O5S/c1-16(24)21-17-7-9-18(10-8-17)28-15-20(25)22-11-13-23(14-12-22)29(26,27)19-5-3-2-4-6-19/h2-10H,11-15H2,1H3,(H,21,24). The van der Waals surface area contributed by atoms with Crippen molar-refractivity contribution >= 4 is 27.5 Å². The van der Waals surface area contributed by atoms with Gasteiger partial charge in [-0.2, -0.15) is 4.31 Å². The van der Waals surface area contributed by atoms with Gasteiger partial charge >= 0.3 is 0 Å². The topological polar surface area (TPSA) is 96.0 Å². The Hall–Kier alpha value is -2.91. The molecular weight excluding hydrogens is 394 g/mol. The molecule has 2 aromatic carbocycles. The van der Waals surface area contributed by atoms with E-state index in [2.05, 4.69) is 5.32 Å². The third kappa shape index (κ3) is 5.33. The Morgan fingerprint density at radius 1 is 0.966 bits per heavy atom. The van der Waals surface area contributed by atoms with Gasteiger partial charge in [0, 0.05) is 38.8 Å². The zero-order chi connectivity index (χ0) is 20.9. The number of hydrogen-bond donors (Lipinski definition) is 1. The number of piperazine rings is 1. The molecule has 0 unspecified atom stereocenters. The summed E-state index contributed by atoms with van der Waals surface area (Å²) >= 11 is 0. The summed E-state index contributed by atoms with van der Waals surface area (Å²) in [5, 5.41) is 2.65. The molecular formula is C20H23N3O5S. The number of hydrogen-bond acceptors (Lipinski definition) is 5. The summed E-state index contributed by atoms with van der Waals surface area (Å²) in [6.07, 6.45) is 0. The first-order valence-electron chi connectivity index (χ1n) is 9.20. The van der Waals surface area contributed by atoms with Gasteiger partial charge in [-0.3, -0.25) is 9.59 Å². The van der Waals surface area contributed by atoms with Gasteiger partial charge in [-0.25, -0.2) is 8.42 Å². The lowest BCUT2D eigenvalue weighted by atomic mass is 10.3. The van der Waals surface area contributed by atoms with Crippen LogP contribution in [0.4, 0.5) is 5.69 Å². The average molecular weight is 417 g/mol. The minimum absolute atomic E-state index is 0.134. The number of amides is 2. The SMILES string of the molecule is CC(=O)Nc1ccc(OCC(=O)N2CCN(S(=O)(=O)c3ccccc3)CC2)cc1. The van der Waals surface area contributed by atoms with E-state index < -0.39 is 10.0 Å². The highest BCUT2D eigenvalue weighted by Gasteiger charge is 2.30. The maximum Gasteiger partial charge on any atom is 0.260 e. The first-order valence-corrected chi connectivity index (χ1v) is 10.6. The van der Waals surface area contributed by atoms with Crippen LogP contribution in [0.2, 0.25) is 0 Å². The van der Waals surface area contributed by atoms with Crippen molar-refractivity contribution in [3.05, 3.63) is 54.6 Å². The van der Waals surface area contributed by atoms with Crippen molar-refractivity contribution in [2.24, 2.45) is 0 Å². The van der Waals surface area contributed by atoms with Crippen LogP contribution in [-0.2, 0) is 19.6 Å². The lowest BCUT2D eigenvalue weighted by molar-refractivity contribution is -0.134. The van der Waals surface area contributed by atoms with Crippen LogP contribution >= 0.6 is 0 Å². The van der Waals surface area contributed by atoms with Crippen LogP contribution in [0.25, 0.3) is 0 Å². The molecule has 29 heavy (non-hydrogen) atoms. The number of nitrogens with zero attached hydrogens (tertiary/aromatic N) is 2. The smallest absolute Gasteiger partial charge is 0.260 e. The number of ether oxygens (including phenoxy) is 1.